The molecule has 1 aliphatic rings. The van der Waals surface area contributed by atoms with E-state index in [1.165, 1.54) is 11.3 Å². The average Bonchev–Trinajstić information content (AvgIpc) is 2.83. The number of aryl methyl sites for hydroxylation is 2. The fourth-order valence-electron chi connectivity index (χ4n) is 2.60. The molecule has 1 aromatic heterocycles. The van der Waals surface area contributed by atoms with Gasteiger partial charge < -0.3 is 15.2 Å². The Bertz CT molecular complexity index is 422. The zero-order valence-corrected chi connectivity index (χ0v) is 11.7. The second-order valence-corrected chi connectivity index (χ2v) is 5.34. The molecule has 0 aromatic carbocycles. The number of nitrogens with zero attached hydrogens (tertiary/aromatic N) is 2. The van der Waals surface area contributed by atoms with E-state index in [9.17, 15) is 5.11 Å². The number of nitrogens with one attached hydrogen (secondary N) is 1. The van der Waals surface area contributed by atoms with Gasteiger partial charge >= 0.3 is 0 Å². The molecule has 0 amide bonds. The number of hydrogen-bond donors (Lipinski definition) is 2. The van der Waals surface area contributed by atoms with Crippen LogP contribution in [0.3, 0.4) is 0 Å². The normalized spacial score (nSPS) is 25.6. The Balaban J connectivity index is 2.01. The highest BCUT2D eigenvalue weighted by atomic mass is 16.5. The van der Waals surface area contributed by atoms with E-state index in [2.05, 4.69) is 24.3 Å². The van der Waals surface area contributed by atoms with Gasteiger partial charge in [-0.05, 0) is 20.8 Å². The van der Waals surface area contributed by atoms with E-state index in [1.807, 2.05) is 18.7 Å². The van der Waals surface area contributed by atoms with E-state index in [4.69, 9.17) is 4.74 Å². The molecule has 2 heterocycles. The first kappa shape index (κ1) is 13.5. The molecule has 2 unspecified atom stereocenters. The van der Waals surface area contributed by atoms with E-state index in [1.54, 1.807) is 0 Å². The van der Waals surface area contributed by atoms with Gasteiger partial charge in [0.2, 0.25) is 0 Å². The zero-order chi connectivity index (χ0) is 13.3. The topological polar surface area (TPSA) is 59.3 Å². The van der Waals surface area contributed by atoms with Crippen LogP contribution >= 0.6 is 0 Å². The lowest BCUT2D eigenvalue weighted by Crippen LogP contribution is -2.42. The number of hydrogen-bond acceptors (Lipinski definition) is 4. The smallest absolute Gasteiger partial charge is 0.103 e. The third-order valence-corrected chi connectivity index (χ3v) is 3.82. The lowest BCUT2D eigenvalue weighted by atomic mass is 10.0. The summed E-state index contributed by atoms with van der Waals surface area (Å²) in [5.74, 6) is 0. The zero-order valence-electron chi connectivity index (χ0n) is 11.7. The first-order valence-electron chi connectivity index (χ1n) is 6.46. The second kappa shape index (κ2) is 4.99. The Morgan fingerprint density at radius 1 is 1.56 bits per heavy atom. The largest absolute Gasteiger partial charge is 0.386 e. The van der Waals surface area contributed by atoms with Gasteiger partial charge in [0.25, 0.3) is 0 Å². The molecule has 1 saturated heterocycles. The molecule has 5 heteroatoms. The van der Waals surface area contributed by atoms with Crippen LogP contribution in [-0.4, -0.2) is 40.2 Å². The van der Waals surface area contributed by atoms with Gasteiger partial charge in [0.1, 0.15) is 5.60 Å². The van der Waals surface area contributed by atoms with E-state index in [-0.39, 0.29) is 6.04 Å². The summed E-state index contributed by atoms with van der Waals surface area (Å²) in [6.45, 7) is 7.84. The van der Waals surface area contributed by atoms with Crippen molar-refractivity contribution in [3.05, 3.63) is 17.0 Å². The van der Waals surface area contributed by atoms with E-state index >= 15 is 0 Å². The van der Waals surface area contributed by atoms with Gasteiger partial charge in [-0.15, -0.1) is 0 Å². The highest BCUT2D eigenvalue weighted by molar-refractivity contribution is 5.27. The number of aliphatic hydroxyl groups is 1. The van der Waals surface area contributed by atoms with Crippen molar-refractivity contribution >= 4 is 0 Å². The molecule has 0 aliphatic carbocycles. The predicted molar refractivity (Wildman–Crippen MR) is 69.5 cm³/mol. The van der Waals surface area contributed by atoms with E-state index in [0.29, 0.717) is 26.2 Å². The van der Waals surface area contributed by atoms with E-state index in [0.717, 1.165) is 5.69 Å². The number of ether oxygens (including phenoxy) is 1. The SMILES string of the molecule is Cc1nn(C)c(C)c1C(C)NCC1(O)CCOC1. The van der Waals surface area contributed by atoms with Gasteiger partial charge in [0, 0.05) is 43.9 Å². The Hall–Kier alpha value is -0.910. The van der Waals surface area contributed by atoms with Crippen molar-refractivity contribution in [2.75, 3.05) is 19.8 Å². The second-order valence-electron chi connectivity index (χ2n) is 5.34. The van der Waals surface area contributed by atoms with Crippen LogP contribution in [0.4, 0.5) is 0 Å². The molecule has 1 fully saturated rings. The highest BCUT2D eigenvalue weighted by Gasteiger charge is 2.32. The van der Waals surface area contributed by atoms with Crippen molar-refractivity contribution in [2.45, 2.75) is 38.8 Å². The minimum Gasteiger partial charge on any atom is -0.386 e. The van der Waals surface area contributed by atoms with Crippen molar-refractivity contribution in [3.8, 4) is 0 Å². The first-order chi connectivity index (χ1) is 8.43. The molecule has 1 aromatic rings. The summed E-state index contributed by atoms with van der Waals surface area (Å²) in [6, 6.07) is 0.184. The van der Waals surface area contributed by atoms with Crippen molar-refractivity contribution < 1.29 is 9.84 Å². The molecule has 1 aliphatic heterocycles. The lowest BCUT2D eigenvalue weighted by molar-refractivity contribution is 0.0251. The first-order valence-corrected chi connectivity index (χ1v) is 6.46. The molecule has 5 nitrogen and oxygen atoms in total. The van der Waals surface area contributed by atoms with Gasteiger partial charge in [0.15, 0.2) is 0 Å². The summed E-state index contributed by atoms with van der Waals surface area (Å²) < 4.78 is 7.14. The molecule has 2 rings (SSSR count). The maximum absolute atomic E-state index is 10.2. The van der Waals surface area contributed by atoms with Gasteiger partial charge in [-0.2, -0.15) is 5.10 Å². The summed E-state index contributed by atoms with van der Waals surface area (Å²) in [7, 11) is 1.96. The van der Waals surface area contributed by atoms with Gasteiger partial charge in [-0.1, -0.05) is 0 Å². The van der Waals surface area contributed by atoms with Crippen LogP contribution in [0.2, 0.25) is 0 Å². The van der Waals surface area contributed by atoms with Gasteiger partial charge in [-0.3, -0.25) is 4.68 Å². The molecular formula is C13H23N3O2. The Kier molecular flexibility index (Phi) is 3.75. The third kappa shape index (κ3) is 2.58. The maximum Gasteiger partial charge on any atom is 0.103 e. The molecule has 0 saturated carbocycles. The highest BCUT2D eigenvalue weighted by Crippen LogP contribution is 2.23. The standard InChI is InChI=1S/C13H23N3O2/c1-9(12-10(2)15-16(4)11(12)3)14-7-13(17)5-6-18-8-13/h9,14,17H,5-8H2,1-4H3. The summed E-state index contributed by atoms with van der Waals surface area (Å²) in [6.07, 6.45) is 0.706. The molecule has 102 valence electrons. The number of aromatic nitrogens is 2. The molecular weight excluding hydrogens is 230 g/mol. The Labute approximate surface area is 108 Å². The number of rotatable bonds is 4. The molecule has 0 bridgehead atoms. The maximum atomic E-state index is 10.2. The van der Waals surface area contributed by atoms with Crippen LogP contribution in [0.25, 0.3) is 0 Å². The summed E-state index contributed by atoms with van der Waals surface area (Å²) in [5, 5.41) is 18.0. The fraction of sp³-hybridized carbons (Fsp3) is 0.769. The average molecular weight is 253 g/mol. The van der Waals surface area contributed by atoms with Gasteiger partial charge in [-0.25, -0.2) is 0 Å². The van der Waals surface area contributed by atoms with Crippen LogP contribution in [0.1, 0.15) is 36.3 Å². The quantitative estimate of drug-likeness (QED) is 0.835. The fourth-order valence-corrected chi connectivity index (χ4v) is 2.60. The van der Waals surface area contributed by atoms with Crippen molar-refractivity contribution in [2.24, 2.45) is 7.05 Å². The summed E-state index contributed by atoms with van der Waals surface area (Å²) in [5.41, 5.74) is 2.73. The summed E-state index contributed by atoms with van der Waals surface area (Å²) >= 11 is 0. The lowest BCUT2D eigenvalue weighted by Gasteiger charge is -2.24. The molecule has 0 spiro atoms. The van der Waals surface area contributed by atoms with Crippen molar-refractivity contribution in [1.82, 2.24) is 15.1 Å². The van der Waals surface area contributed by atoms with Crippen LogP contribution in [-0.2, 0) is 11.8 Å². The Morgan fingerprint density at radius 3 is 2.78 bits per heavy atom. The predicted octanol–water partition coefficient (Wildman–Crippen LogP) is 0.839. The van der Waals surface area contributed by atoms with Crippen LogP contribution in [0, 0.1) is 13.8 Å². The minimum atomic E-state index is -0.710. The van der Waals surface area contributed by atoms with Gasteiger partial charge in [0.05, 0.1) is 12.3 Å². The minimum absolute atomic E-state index is 0.184. The molecule has 2 N–H and O–H groups in total. The van der Waals surface area contributed by atoms with E-state index < -0.39 is 5.60 Å². The molecule has 18 heavy (non-hydrogen) atoms. The summed E-state index contributed by atoms with van der Waals surface area (Å²) in [4.78, 5) is 0. The van der Waals surface area contributed by atoms with Crippen LogP contribution < -0.4 is 5.32 Å². The van der Waals surface area contributed by atoms with Crippen LogP contribution in [0.5, 0.6) is 0 Å². The van der Waals surface area contributed by atoms with Crippen molar-refractivity contribution in [3.63, 3.8) is 0 Å². The van der Waals surface area contributed by atoms with Crippen molar-refractivity contribution in [1.29, 1.82) is 0 Å². The molecule has 2 atom stereocenters. The monoisotopic (exact) mass is 253 g/mol. The molecule has 0 radical (unpaired) electrons. The van der Waals surface area contributed by atoms with Crippen LogP contribution in [0.15, 0.2) is 0 Å². The third-order valence-electron chi connectivity index (χ3n) is 3.82. The Morgan fingerprint density at radius 2 is 2.28 bits per heavy atom.